The molecular weight excluding hydrogens is 381 g/mol. The van der Waals surface area contributed by atoms with Crippen LogP contribution in [0.15, 0.2) is 39.5 Å². The van der Waals surface area contributed by atoms with Gasteiger partial charge in [-0.1, -0.05) is 46.5 Å². The molecule has 0 spiro atoms. The summed E-state index contributed by atoms with van der Waals surface area (Å²) < 4.78 is 44.8. The van der Waals surface area contributed by atoms with Crippen LogP contribution in [-0.4, -0.2) is 5.11 Å². The predicted molar refractivity (Wildman–Crippen MR) is 108 cm³/mol. The molecule has 0 bridgehead atoms. The Morgan fingerprint density at radius 1 is 0.966 bits per heavy atom. The molecule has 0 aliphatic heterocycles. The highest BCUT2D eigenvalue weighted by molar-refractivity contribution is 6.08. The first-order valence-electron chi connectivity index (χ1n) is 9.86. The molecule has 1 N–H and O–H groups in total. The summed E-state index contributed by atoms with van der Waals surface area (Å²) in [6.07, 6.45) is 0.757. The van der Waals surface area contributed by atoms with Gasteiger partial charge in [-0.15, -0.1) is 0 Å². The standard InChI is InChI=1S/C23H25F3O3/c1-4-5-6-7-10-22(2,3)15-12-18(27)20-17-11-14(23(24,25)26)8-9-16(17)21(28)29-19(20)13-15/h8-9,11-13,27H,4-7,10H2,1-3H3. The fourth-order valence-electron chi connectivity index (χ4n) is 3.74. The van der Waals surface area contributed by atoms with Crippen molar-refractivity contribution in [3.8, 4) is 5.75 Å². The Bertz CT molecular complexity index is 1090. The second-order valence-electron chi connectivity index (χ2n) is 8.21. The van der Waals surface area contributed by atoms with E-state index in [-0.39, 0.29) is 32.9 Å². The lowest BCUT2D eigenvalue weighted by Crippen LogP contribution is -2.17. The van der Waals surface area contributed by atoms with Gasteiger partial charge in [0.15, 0.2) is 0 Å². The maximum atomic E-state index is 13.1. The molecule has 0 saturated carbocycles. The van der Waals surface area contributed by atoms with Crippen LogP contribution in [0.5, 0.6) is 5.75 Å². The van der Waals surface area contributed by atoms with Crippen molar-refractivity contribution >= 4 is 21.7 Å². The summed E-state index contributed by atoms with van der Waals surface area (Å²) in [5.41, 5.74) is -0.997. The van der Waals surface area contributed by atoms with E-state index < -0.39 is 17.4 Å². The Balaban J connectivity index is 2.15. The summed E-state index contributed by atoms with van der Waals surface area (Å²) in [5.74, 6) is -0.188. The van der Waals surface area contributed by atoms with E-state index >= 15 is 0 Å². The van der Waals surface area contributed by atoms with Crippen LogP contribution in [0.25, 0.3) is 21.7 Å². The van der Waals surface area contributed by atoms with Gasteiger partial charge in [0.05, 0.1) is 16.3 Å². The minimum atomic E-state index is -4.55. The lowest BCUT2D eigenvalue weighted by molar-refractivity contribution is -0.137. The fourth-order valence-corrected chi connectivity index (χ4v) is 3.74. The van der Waals surface area contributed by atoms with E-state index in [1.807, 2.05) is 13.8 Å². The SMILES string of the molecule is CCCCCCC(C)(C)c1cc(O)c2c(c1)oc(=O)c1ccc(C(F)(F)F)cc12. The van der Waals surface area contributed by atoms with Crippen LogP contribution in [-0.2, 0) is 11.6 Å². The zero-order chi connectivity index (χ0) is 21.4. The van der Waals surface area contributed by atoms with Gasteiger partial charge >= 0.3 is 11.8 Å². The number of alkyl halides is 3. The molecule has 156 valence electrons. The quantitative estimate of drug-likeness (QED) is 0.275. The lowest BCUT2D eigenvalue weighted by atomic mass is 9.79. The Morgan fingerprint density at radius 2 is 1.69 bits per heavy atom. The minimum absolute atomic E-state index is 0.00683. The monoisotopic (exact) mass is 406 g/mol. The average molecular weight is 406 g/mol. The van der Waals surface area contributed by atoms with Crippen LogP contribution in [0.3, 0.4) is 0 Å². The number of aromatic hydroxyl groups is 1. The molecule has 2 aromatic carbocycles. The number of hydrogen-bond acceptors (Lipinski definition) is 3. The van der Waals surface area contributed by atoms with Crippen LogP contribution in [0, 0.1) is 0 Å². The molecule has 0 radical (unpaired) electrons. The largest absolute Gasteiger partial charge is 0.507 e. The summed E-state index contributed by atoms with van der Waals surface area (Å²) in [5, 5.41) is 10.8. The van der Waals surface area contributed by atoms with Crippen LogP contribution in [0.4, 0.5) is 13.2 Å². The summed E-state index contributed by atoms with van der Waals surface area (Å²) in [6.45, 7) is 6.23. The van der Waals surface area contributed by atoms with Gasteiger partial charge in [0, 0.05) is 5.39 Å². The molecular formula is C23H25F3O3. The molecule has 6 heteroatoms. The van der Waals surface area contributed by atoms with Gasteiger partial charge < -0.3 is 9.52 Å². The second-order valence-corrected chi connectivity index (χ2v) is 8.21. The van der Waals surface area contributed by atoms with Crippen molar-refractivity contribution in [1.29, 1.82) is 0 Å². The van der Waals surface area contributed by atoms with E-state index in [0.29, 0.717) is 0 Å². The van der Waals surface area contributed by atoms with Crippen molar-refractivity contribution < 1.29 is 22.7 Å². The first kappa shape index (κ1) is 21.2. The van der Waals surface area contributed by atoms with E-state index in [1.54, 1.807) is 12.1 Å². The highest BCUT2D eigenvalue weighted by atomic mass is 19.4. The number of rotatable bonds is 6. The van der Waals surface area contributed by atoms with E-state index in [1.165, 1.54) is 0 Å². The van der Waals surface area contributed by atoms with Crippen molar-refractivity contribution in [2.75, 3.05) is 0 Å². The van der Waals surface area contributed by atoms with Gasteiger partial charge in [0.1, 0.15) is 11.3 Å². The fraction of sp³-hybridized carbons (Fsp3) is 0.435. The number of fused-ring (bicyclic) bond motifs is 3. The van der Waals surface area contributed by atoms with Crippen LogP contribution in [0.1, 0.15) is 64.0 Å². The van der Waals surface area contributed by atoms with Gasteiger partial charge in [-0.05, 0) is 47.7 Å². The van der Waals surface area contributed by atoms with Crippen LogP contribution in [0.2, 0.25) is 0 Å². The molecule has 0 saturated heterocycles. The van der Waals surface area contributed by atoms with Crippen molar-refractivity contribution in [3.63, 3.8) is 0 Å². The van der Waals surface area contributed by atoms with Crippen LogP contribution >= 0.6 is 0 Å². The average Bonchev–Trinajstić information content (AvgIpc) is 2.63. The molecule has 29 heavy (non-hydrogen) atoms. The van der Waals surface area contributed by atoms with Gasteiger partial charge in [0.2, 0.25) is 0 Å². The zero-order valence-electron chi connectivity index (χ0n) is 16.8. The van der Waals surface area contributed by atoms with Gasteiger partial charge in [-0.25, -0.2) is 4.79 Å². The molecule has 0 amide bonds. The Morgan fingerprint density at radius 3 is 2.34 bits per heavy atom. The van der Waals surface area contributed by atoms with E-state index in [2.05, 4.69) is 6.92 Å². The Hall–Kier alpha value is -2.50. The van der Waals surface area contributed by atoms with E-state index in [4.69, 9.17) is 4.42 Å². The molecule has 1 heterocycles. The summed E-state index contributed by atoms with van der Waals surface area (Å²) in [4.78, 5) is 12.3. The van der Waals surface area contributed by atoms with Crippen molar-refractivity contribution in [2.24, 2.45) is 0 Å². The third-order valence-electron chi connectivity index (χ3n) is 5.56. The van der Waals surface area contributed by atoms with E-state index in [0.717, 1.165) is 55.9 Å². The molecule has 0 fully saturated rings. The number of hydrogen-bond donors (Lipinski definition) is 1. The third-order valence-corrected chi connectivity index (χ3v) is 5.56. The normalized spacial score (nSPS) is 12.8. The molecule has 1 aromatic heterocycles. The van der Waals surface area contributed by atoms with Crippen molar-refractivity contribution in [2.45, 2.75) is 64.5 Å². The summed E-state index contributed by atoms with van der Waals surface area (Å²) in [6, 6.07) is 6.06. The van der Waals surface area contributed by atoms with E-state index in [9.17, 15) is 23.1 Å². The second kappa shape index (κ2) is 7.73. The molecule has 0 unspecified atom stereocenters. The number of phenolic OH excluding ortho intramolecular Hbond substituents is 1. The van der Waals surface area contributed by atoms with Crippen molar-refractivity contribution in [1.82, 2.24) is 0 Å². The number of phenols is 1. The molecule has 0 aliphatic carbocycles. The van der Waals surface area contributed by atoms with Crippen LogP contribution < -0.4 is 5.63 Å². The lowest BCUT2D eigenvalue weighted by Gasteiger charge is -2.26. The first-order chi connectivity index (χ1) is 13.5. The first-order valence-corrected chi connectivity index (χ1v) is 9.86. The molecule has 3 rings (SSSR count). The van der Waals surface area contributed by atoms with Gasteiger partial charge in [-0.3, -0.25) is 0 Å². The number of unbranched alkanes of at least 4 members (excludes halogenated alkanes) is 3. The van der Waals surface area contributed by atoms with Gasteiger partial charge in [-0.2, -0.15) is 13.2 Å². The Labute approximate surface area is 167 Å². The summed E-state index contributed by atoms with van der Waals surface area (Å²) >= 11 is 0. The molecule has 3 aromatic rings. The summed E-state index contributed by atoms with van der Waals surface area (Å²) in [7, 11) is 0. The molecule has 0 aliphatic rings. The highest BCUT2D eigenvalue weighted by Gasteiger charge is 2.31. The maximum absolute atomic E-state index is 13.1. The maximum Gasteiger partial charge on any atom is 0.416 e. The zero-order valence-corrected chi connectivity index (χ0v) is 16.8. The molecule has 3 nitrogen and oxygen atoms in total. The third kappa shape index (κ3) is 4.26. The topological polar surface area (TPSA) is 50.4 Å². The minimum Gasteiger partial charge on any atom is -0.507 e. The number of benzene rings is 2. The van der Waals surface area contributed by atoms with Crippen molar-refractivity contribution in [3.05, 3.63) is 51.9 Å². The number of halogens is 3. The molecule has 0 atom stereocenters. The Kier molecular flexibility index (Phi) is 5.65. The predicted octanol–water partition coefficient (Wildman–Crippen LogP) is 6.92. The smallest absolute Gasteiger partial charge is 0.416 e. The highest BCUT2D eigenvalue weighted by Crippen LogP contribution is 2.39. The van der Waals surface area contributed by atoms with Gasteiger partial charge in [0.25, 0.3) is 0 Å².